The lowest BCUT2D eigenvalue weighted by Crippen LogP contribution is -2.48. The molecule has 1 aliphatic rings. The molecule has 0 amide bonds. The minimum atomic E-state index is -1.65. The van der Waals surface area contributed by atoms with Gasteiger partial charge < -0.3 is 9.33 Å². The molecule has 1 atom stereocenters. The van der Waals surface area contributed by atoms with Crippen LogP contribution in [0.2, 0.25) is 18.1 Å². The van der Waals surface area contributed by atoms with E-state index in [0.29, 0.717) is 11.1 Å². The van der Waals surface area contributed by atoms with Crippen LogP contribution in [0.1, 0.15) is 40.0 Å². The summed E-state index contributed by atoms with van der Waals surface area (Å²) < 4.78 is 7.67. The summed E-state index contributed by atoms with van der Waals surface area (Å²) in [6.45, 7) is 13.7. The Kier molecular flexibility index (Phi) is 5.61. The van der Waals surface area contributed by atoms with Crippen molar-refractivity contribution in [3.8, 4) is 0 Å². The summed E-state index contributed by atoms with van der Waals surface area (Å²) in [5, 5.41) is 3.85. The number of anilines is 1. The van der Waals surface area contributed by atoms with Gasteiger partial charge in [-0.2, -0.15) is 0 Å². The second kappa shape index (κ2) is 6.73. The molecule has 5 heteroatoms. The molecular weight excluding hydrogens is 362 g/mol. The first-order chi connectivity index (χ1) is 9.71. The normalized spacial score (nSPS) is 20.9. The average molecular weight is 390 g/mol. The summed E-state index contributed by atoms with van der Waals surface area (Å²) in [6.07, 6.45) is 3.88. The predicted molar refractivity (Wildman–Crippen MR) is 100 cm³/mol. The van der Waals surface area contributed by atoms with Crippen LogP contribution in [-0.4, -0.2) is 27.5 Å². The second-order valence-electron chi connectivity index (χ2n) is 7.52. The third-order valence-electron chi connectivity index (χ3n) is 4.91. The SMILES string of the molecule is CC(C)(C)[Si](C)(C)OCC1CCCCN1c1cc(Br)cs1. The Morgan fingerprint density at radius 2 is 2.10 bits per heavy atom. The van der Waals surface area contributed by atoms with E-state index >= 15 is 0 Å². The van der Waals surface area contributed by atoms with Crippen LogP contribution in [-0.2, 0) is 4.43 Å². The van der Waals surface area contributed by atoms with Crippen LogP contribution in [0.3, 0.4) is 0 Å². The Hall–Kier alpha value is 0.157. The van der Waals surface area contributed by atoms with Gasteiger partial charge in [0.1, 0.15) is 0 Å². The molecule has 120 valence electrons. The van der Waals surface area contributed by atoms with Gasteiger partial charge in [-0.1, -0.05) is 20.8 Å². The van der Waals surface area contributed by atoms with Gasteiger partial charge in [-0.25, -0.2) is 0 Å². The lowest BCUT2D eigenvalue weighted by Gasteiger charge is -2.41. The van der Waals surface area contributed by atoms with Crippen molar-refractivity contribution in [1.82, 2.24) is 0 Å². The van der Waals surface area contributed by atoms with Crippen LogP contribution in [0.4, 0.5) is 5.00 Å². The van der Waals surface area contributed by atoms with Crippen molar-refractivity contribution in [1.29, 1.82) is 0 Å². The van der Waals surface area contributed by atoms with Crippen LogP contribution in [0.25, 0.3) is 0 Å². The maximum absolute atomic E-state index is 6.48. The summed E-state index contributed by atoms with van der Waals surface area (Å²) in [6, 6.07) is 2.79. The Bertz CT molecular complexity index is 469. The number of thiophene rings is 1. The fourth-order valence-electron chi connectivity index (χ4n) is 2.44. The number of hydrogen-bond donors (Lipinski definition) is 0. The molecule has 0 spiro atoms. The van der Waals surface area contributed by atoms with E-state index in [1.807, 2.05) is 11.3 Å². The molecule has 1 fully saturated rings. The van der Waals surface area contributed by atoms with E-state index in [1.54, 1.807) is 0 Å². The molecule has 1 aromatic rings. The number of hydrogen-bond acceptors (Lipinski definition) is 3. The van der Waals surface area contributed by atoms with Crippen molar-refractivity contribution in [3.63, 3.8) is 0 Å². The predicted octanol–water partition coefficient (Wildman–Crippen LogP) is 5.89. The number of rotatable bonds is 4. The summed E-state index contributed by atoms with van der Waals surface area (Å²) in [5.74, 6) is 0. The van der Waals surface area contributed by atoms with E-state index in [4.69, 9.17) is 4.43 Å². The van der Waals surface area contributed by atoms with E-state index in [-0.39, 0.29) is 0 Å². The smallest absolute Gasteiger partial charge is 0.192 e. The molecule has 1 aromatic heterocycles. The van der Waals surface area contributed by atoms with Crippen LogP contribution < -0.4 is 4.90 Å². The van der Waals surface area contributed by atoms with E-state index in [9.17, 15) is 0 Å². The van der Waals surface area contributed by atoms with E-state index in [2.05, 4.69) is 66.1 Å². The number of nitrogens with zero attached hydrogens (tertiary/aromatic N) is 1. The number of piperidine rings is 1. The standard InChI is InChI=1S/C16H28BrNOSSi/c1-16(2,3)21(4,5)19-11-14-8-6-7-9-18(14)15-10-13(17)12-20-15/h10,12,14H,6-9,11H2,1-5H3. The Labute approximate surface area is 143 Å². The van der Waals surface area contributed by atoms with Gasteiger partial charge in [-0.15, -0.1) is 11.3 Å². The van der Waals surface area contributed by atoms with Crippen LogP contribution in [0.5, 0.6) is 0 Å². The first kappa shape index (κ1) is 17.5. The Morgan fingerprint density at radius 1 is 1.38 bits per heavy atom. The molecule has 1 unspecified atom stereocenters. The van der Waals surface area contributed by atoms with Crippen molar-refractivity contribution in [2.75, 3.05) is 18.1 Å². The lowest BCUT2D eigenvalue weighted by atomic mass is 10.0. The van der Waals surface area contributed by atoms with Gasteiger partial charge in [0, 0.05) is 16.4 Å². The zero-order valence-electron chi connectivity index (χ0n) is 13.9. The highest BCUT2D eigenvalue weighted by atomic mass is 79.9. The first-order valence-electron chi connectivity index (χ1n) is 7.85. The van der Waals surface area contributed by atoms with Crippen LogP contribution >= 0.6 is 27.3 Å². The highest BCUT2D eigenvalue weighted by molar-refractivity contribution is 9.10. The van der Waals surface area contributed by atoms with Crippen LogP contribution in [0.15, 0.2) is 15.9 Å². The van der Waals surface area contributed by atoms with Crippen molar-refractivity contribution < 1.29 is 4.43 Å². The van der Waals surface area contributed by atoms with Crippen molar-refractivity contribution in [3.05, 3.63) is 15.9 Å². The largest absolute Gasteiger partial charge is 0.415 e. The van der Waals surface area contributed by atoms with Crippen molar-refractivity contribution >= 4 is 40.6 Å². The van der Waals surface area contributed by atoms with Gasteiger partial charge in [0.25, 0.3) is 0 Å². The van der Waals surface area contributed by atoms with Gasteiger partial charge in [0.05, 0.1) is 17.6 Å². The quantitative estimate of drug-likeness (QED) is 0.594. The molecule has 0 radical (unpaired) electrons. The molecule has 1 saturated heterocycles. The fraction of sp³-hybridized carbons (Fsp3) is 0.750. The lowest BCUT2D eigenvalue weighted by molar-refractivity contribution is 0.240. The minimum Gasteiger partial charge on any atom is -0.415 e. The molecule has 0 saturated carbocycles. The summed E-state index contributed by atoms with van der Waals surface area (Å²) >= 11 is 5.41. The van der Waals surface area contributed by atoms with Crippen LogP contribution in [0, 0.1) is 0 Å². The van der Waals surface area contributed by atoms with Gasteiger partial charge in [0.2, 0.25) is 0 Å². The molecular formula is C16H28BrNOSSi. The van der Waals surface area contributed by atoms with E-state index in [0.717, 1.165) is 6.61 Å². The molecule has 0 aliphatic carbocycles. The molecule has 0 aromatic carbocycles. The molecule has 2 heterocycles. The Balaban J connectivity index is 2.03. The summed E-state index contributed by atoms with van der Waals surface area (Å²) in [5.41, 5.74) is 0. The molecule has 2 rings (SSSR count). The maximum Gasteiger partial charge on any atom is 0.192 e. The van der Waals surface area contributed by atoms with Gasteiger partial charge in [0.15, 0.2) is 8.32 Å². The fourth-order valence-corrected chi connectivity index (χ4v) is 5.00. The van der Waals surface area contributed by atoms with Gasteiger partial charge in [-0.05, 0) is 59.4 Å². The Morgan fingerprint density at radius 3 is 2.67 bits per heavy atom. The van der Waals surface area contributed by atoms with E-state index in [1.165, 1.54) is 35.3 Å². The average Bonchev–Trinajstić information content (AvgIpc) is 2.82. The molecule has 2 nitrogen and oxygen atoms in total. The van der Waals surface area contributed by atoms with Gasteiger partial charge in [-0.3, -0.25) is 0 Å². The summed E-state index contributed by atoms with van der Waals surface area (Å²) in [7, 11) is -1.65. The van der Waals surface area contributed by atoms with Gasteiger partial charge >= 0.3 is 0 Å². The summed E-state index contributed by atoms with van der Waals surface area (Å²) in [4.78, 5) is 2.56. The highest BCUT2D eigenvalue weighted by Crippen LogP contribution is 2.38. The minimum absolute atomic E-state index is 0.290. The van der Waals surface area contributed by atoms with Crippen molar-refractivity contribution in [2.45, 2.75) is 64.2 Å². The third kappa shape index (κ3) is 4.33. The molecule has 0 bridgehead atoms. The molecule has 21 heavy (non-hydrogen) atoms. The first-order valence-corrected chi connectivity index (χ1v) is 12.4. The number of halogens is 1. The zero-order chi connectivity index (χ0) is 15.7. The van der Waals surface area contributed by atoms with E-state index < -0.39 is 8.32 Å². The van der Waals surface area contributed by atoms with Crippen molar-refractivity contribution in [2.24, 2.45) is 0 Å². The molecule has 1 aliphatic heterocycles. The third-order valence-corrected chi connectivity index (χ3v) is 11.1. The second-order valence-corrected chi connectivity index (χ2v) is 14.1. The molecule has 0 N–H and O–H groups in total. The maximum atomic E-state index is 6.48. The topological polar surface area (TPSA) is 12.5 Å². The monoisotopic (exact) mass is 389 g/mol. The highest BCUT2D eigenvalue weighted by Gasteiger charge is 2.38. The zero-order valence-corrected chi connectivity index (χ0v) is 17.3.